The SMILES string of the molecule is CC(C)C1CNCN1C(C)C. The molecule has 2 heteroatoms. The van der Waals surface area contributed by atoms with Crippen LogP contribution < -0.4 is 5.32 Å². The molecule has 0 radical (unpaired) electrons. The first-order valence-electron chi connectivity index (χ1n) is 4.59. The molecule has 0 aromatic rings. The van der Waals surface area contributed by atoms with Crippen LogP contribution in [0.4, 0.5) is 0 Å². The van der Waals surface area contributed by atoms with Crippen LogP contribution >= 0.6 is 0 Å². The summed E-state index contributed by atoms with van der Waals surface area (Å²) in [5.74, 6) is 0.771. The van der Waals surface area contributed by atoms with Crippen molar-refractivity contribution in [2.24, 2.45) is 5.92 Å². The average molecular weight is 156 g/mol. The number of nitrogens with zero attached hydrogens (tertiary/aromatic N) is 1. The van der Waals surface area contributed by atoms with E-state index in [2.05, 4.69) is 37.9 Å². The maximum atomic E-state index is 3.41. The second-order valence-corrected chi connectivity index (χ2v) is 4.03. The zero-order chi connectivity index (χ0) is 8.43. The Kier molecular flexibility index (Phi) is 2.90. The lowest BCUT2D eigenvalue weighted by atomic mass is 10.0. The summed E-state index contributed by atoms with van der Waals surface area (Å²) in [4.78, 5) is 2.53. The molecule has 1 fully saturated rings. The van der Waals surface area contributed by atoms with E-state index in [0.29, 0.717) is 6.04 Å². The lowest BCUT2D eigenvalue weighted by Crippen LogP contribution is -2.39. The monoisotopic (exact) mass is 156 g/mol. The molecule has 1 saturated heterocycles. The molecule has 0 saturated carbocycles. The molecule has 1 unspecified atom stereocenters. The summed E-state index contributed by atoms with van der Waals surface area (Å²) < 4.78 is 0. The standard InChI is InChI=1S/C9H20N2/c1-7(2)9-5-10-6-11(9)8(3)4/h7-10H,5-6H2,1-4H3. The summed E-state index contributed by atoms with van der Waals surface area (Å²) in [7, 11) is 0. The van der Waals surface area contributed by atoms with Crippen LogP contribution in [0.15, 0.2) is 0 Å². The molecule has 0 amide bonds. The van der Waals surface area contributed by atoms with E-state index >= 15 is 0 Å². The van der Waals surface area contributed by atoms with Crippen molar-refractivity contribution in [2.75, 3.05) is 13.2 Å². The van der Waals surface area contributed by atoms with Crippen molar-refractivity contribution in [1.82, 2.24) is 10.2 Å². The Bertz CT molecular complexity index is 107. The predicted octanol–water partition coefficient (Wildman–Crippen LogP) is 1.28. The van der Waals surface area contributed by atoms with Crippen LogP contribution in [0, 0.1) is 5.92 Å². The number of rotatable bonds is 2. The molecule has 0 bridgehead atoms. The molecule has 0 aromatic carbocycles. The fourth-order valence-corrected chi connectivity index (χ4v) is 1.76. The van der Waals surface area contributed by atoms with Crippen LogP contribution in [0.25, 0.3) is 0 Å². The summed E-state index contributed by atoms with van der Waals surface area (Å²) in [5, 5.41) is 3.41. The molecule has 11 heavy (non-hydrogen) atoms. The second-order valence-electron chi connectivity index (χ2n) is 4.03. The summed E-state index contributed by atoms with van der Waals surface area (Å²) in [6, 6.07) is 1.42. The minimum absolute atomic E-state index is 0.678. The highest BCUT2D eigenvalue weighted by Gasteiger charge is 2.27. The zero-order valence-corrected chi connectivity index (χ0v) is 8.09. The molecule has 1 heterocycles. The fraction of sp³-hybridized carbons (Fsp3) is 1.00. The molecule has 0 aromatic heterocycles. The molecule has 1 rings (SSSR count). The van der Waals surface area contributed by atoms with Gasteiger partial charge in [-0.3, -0.25) is 4.90 Å². The average Bonchev–Trinajstić information content (AvgIpc) is 2.32. The Hall–Kier alpha value is -0.0800. The highest BCUT2D eigenvalue weighted by molar-refractivity contribution is 4.83. The van der Waals surface area contributed by atoms with Gasteiger partial charge in [0.2, 0.25) is 0 Å². The van der Waals surface area contributed by atoms with Crippen molar-refractivity contribution in [3.8, 4) is 0 Å². The molecule has 1 N–H and O–H groups in total. The van der Waals surface area contributed by atoms with E-state index in [1.54, 1.807) is 0 Å². The van der Waals surface area contributed by atoms with Crippen LogP contribution in [-0.4, -0.2) is 30.2 Å². The maximum Gasteiger partial charge on any atom is 0.0486 e. The third kappa shape index (κ3) is 1.94. The molecule has 0 aliphatic carbocycles. The van der Waals surface area contributed by atoms with Crippen molar-refractivity contribution in [3.05, 3.63) is 0 Å². The van der Waals surface area contributed by atoms with Crippen molar-refractivity contribution in [3.63, 3.8) is 0 Å². The first kappa shape index (κ1) is 9.01. The topological polar surface area (TPSA) is 15.3 Å². The van der Waals surface area contributed by atoms with Gasteiger partial charge in [0.25, 0.3) is 0 Å². The van der Waals surface area contributed by atoms with Gasteiger partial charge in [-0.1, -0.05) is 13.8 Å². The van der Waals surface area contributed by atoms with Crippen LogP contribution in [-0.2, 0) is 0 Å². The summed E-state index contributed by atoms with van der Waals surface area (Å²) in [5.41, 5.74) is 0. The van der Waals surface area contributed by atoms with Gasteiger partial charge < -0.3 is 5.32 Å². The molecule has 1 atom stereocenters. The van der Waals surface area contributed by atoms with Gasteiger partial charge in [0.05, 0.1) is 0 Å². The van der Waals surface area contributed by atoms with Crippen LogP contribution in [0.2, 0.25) is 0 Å². The Morgan fingerprint density at radius 3 is 2.27 bits per heavy atom. The van der Waals surface area contributed by atoms with Gasteiger partial charge in [0.15, 0.2) is 0 Å². The normalized spacial score (nSPS) is 27.3. The zero-order valence-electron chi connectivity index (χ0n) is 8.09. The maximum absolute atomic E-state index is 3.41. The van der Waals surface area contributed by atoms with E-state index in [9.17, 15) is 0 Å². The van der Waals surface area contributed by atoms with Gasteiger partial charge in [0, 0.05) is 25.3 Å². The predicted molar refractivity (Wildman–Crippen MR) is 48.5 cm³/mol. The van der Waals surface area contributed by atoms with E-state index in [1.807, 2.05) is 0 Å². The van der Waals surface area contributed by atoms with Gasteiger partial charge in [-0.2, -0.15) is 0 Å². The van der Waals surface area contributed by atoms with Crippen LogP contribution in [0.5, 0.6) is 0 Å². The second kappa shape index (κ2) is 3.55. The van der Waals surface area contributed by atoms with Crippen molar-refractivity contribution >= 4 is 0 Å². The van der Waals surface area contributed by atoms with E-state index in [1.165, 1.54) is 0 Å². The molecular weight excluding hydrogens is 136 g/mol. The number of hydrogen-bond acceptors (Lipinski definition) is 2. The van der Waals surface area contributed by atoms with E-state index in [-0.39, 0.29) is 0 Å². The van der Waals surface area contributed by atoms with E-state index < -0.39 is 0 Å². The largest absolute Gasteiger partial charge is 0.303 e. The van der Waals surface area contributed by atoms with Gasteiger partial charge in [-0.25, -0.2) is 0 Å². The van der Waals surface area contributed by atoms with Crippen LogP contribution in [0.3, 0.4) is 0 Å². The molecule has 66 valence electrons. The smallest absolute Gasteiger partial charge is 0.0486 e. The van der Waals surface area contributed by atoms with Gasteiger partial charge >= 0.3 is 0 Å². The van der Waals surface area contributed by atoms with Crippen molar-refractivity contribution in [1.29, 1.82) is 0 Å². The molecule has 1 aliphatic rings. The van der Waals surface area contributed by atoms with Gasteiger partial charge in [-0.15, -0.1) is 0 Å². The Morgan fingerprint density at radius 2 is 1.91 bits per heavy atom. The van der Waals surface area contributed by atoms with Crippen molar-refractivity contribution < 1.29 is 0 Å². The van der Waals surface area contributed by atoms with E-state index in [4.69, 9.17) is 0 Å². The van der Waals surface area contributed by atoms with Crippen LogP contribution in [0.1, 0.15) is 27.7 Å². The first-order chi connectivity index (χ1) is 5.13. The molecule has 1 aliphatic heterocycles. The third-order valence-electron chi connectivity index (χ3n) is 2.51. The number of hydrogen-bond donors (Lipinski definition) is 1. The highest BCUT2D eigenvalue weighted by Crippen LogP contribution is 2.16. The van der Waals surface area contributed by atoms with Crippen molar-refractivity contribution in [2.45, 2.75) is 39.8 Å². The molecule has 0 spiro atoms. The fourth-order valence-electron chi connectivity index (χ4n) is 1.76. The highest BCUT2D eigenvalue weighted by atomic mass is 15.3. The Morgan fingerprint density at radius 1 is 1.27 bits per heavy atom. The number of nitrogens with one attached hydrogen (secondary N) is 1. The van der Waals surface area contributed by atoms with Gasteiger partial charge in [0.1, 0.15) is 0 Å². The Labute approximate surface area is 70.0 Å². The first-order valence-corrected chi connectivity index (χ1v) is 4.59. The van der Waals surface area contributed by atoms with Gasteiger partial charge in [-0.05, 0) is 19.8 Å². The summed E-state index contributed by atoms with van der Waals surface area (Å²) >= 11 is 0. The minimum atomic E-state index is 0.678. The summed E-state index contributed by atoms with van der Waals surface area (Å²) in [6.45, 7) is 11.4. The quantitative estimate of drug-likeness (QED) is 0.648. The lowest BCUT2D eigenvalue weighted by molar-refractivity contribution is 0.170. The third-order valence-corrected chi connectivity index (χ3v) is 2.51. The molecular formula is C9H20N2. The lowest BCUT2D eigenvalue weighted by Gasteiger charge is -2.29. The Balaban J connectivity index is 2.51. The summed E-state index contributed by atoms with van der Waals surface area (Å²) in [6.07, 6.45) is 0. The minimum Gasteiger partial charge on any atom is -0.303 e. The van der Waals surface area contributed by atoms with E-state index in [0.717, 1.165) is 25.2 Å². The molecule has 2 nitrogen and oxygen atoms in total.